The molecular formula is C10H21N3O. The summed E-state index contributed by atoms with van der Waals surface area (Å²) in [5.41, 5.74) is 0. The fraction of sp³-hybridized carbons (Fsp3) is 0.900. The zero-order valence-corrected chi connectivity index (χ0v) is 9.25. The van der Waals surface area contributed by atoms with Crippen LogP contribution in [0.1, 0.15) is 13.3 Å². The third-order valence-corrected chi connectivity index (χ3v) is 2.67. The van der Waals surface area contributed by atoms with E-state index in [1.54, 1.807) is 0 Å². The van der Waals surface area contributed by atoms with E-state index in [0.29, 0.717) is 6.42 Å². The highest BCUT2D eigenvalue weighted by molar-refractivity contribution is 5.75. The smallest absolute Gasteiger partial charge is 0.219 e. The molecule has 0 spiro atoms. The van der Waals surface area contributed by atoms with Crippen LogP contribution in [0.3, 0.4) is 0 Å². The highest BCUT2D eigenvalue weighted by Crippen LogP contribution is 1.97. The summed E-state index contributed by atoms with van der Waals surface area (Å²) in [4.78, 5) is 15.7. The molecule has 1 rings (SSSR count). The molecule has 0 bridgehead atoms. The highest BCUT2D eigenvalue weighted by atomic mass is 16.1. The first-order valence-corrected chi connectivity index (χ1v) is 5.40. The third kappa shape index (κ3) is 4.07. The van der Waals surface area contributed by atoms with Crippen LogP contribution in [-0.2, 0) is 4.79 Å². The van der Waals surface area contributed by atoms with Crippen molar-refractivity contribution in [1.29, 1.82) is 0 Å². The molecule has 1 fully saturated rings. The number of piperazine rings is 1. The van der Waals surface area contributed by atoms with Gasteiger partial charge in [0.05, 0.1) is 0 Å². The Morgan fingerprint density at radius 2 is 1.93 bits per heavy atom. The number of hydrogen-bond acceptors (Lipinski definition) is 3. The Hall–Kier alpha value is -0.610. The largest absolute Gasteiger partial charge is 0.355 e. The van der Waals surface area contributed by atoms with Gasteiger partial charge in [0.2, 0.25) is 5.91 Å². The van der Waals surface area contributed by atoms with E-state index in [9.17, 15) is 4.79 Å². The van der Waals surface area contributed by atoms with Gasteiger partial charge in [-0.05, 0) is 7.05 Å². The molecule has 82 valence electrons. The standard InChI is InChI=1S/C10H21N3O/c1-3-10(14)11-4-5-13-8-6-12(2)7-9-13/h3-9H2,1-2H3,(H,11,14). The number of rotatable bonds is 4. The normalized spacial score (nSPS) is 19.6. The van der Waals surface area contributed by atoms with Crippen LogP contribution >= 0.6 is 0 Å². The highest BCUT2D eigenvalue weighted by Gasteiger charge is 2.12. The number of hydrogen-bond donors (Lipinski definition) is 1. The van der Waals surface area contributed by atoms with Gasteiger partial charge in [0.1, 0.15) is 0 Å². The maximum absolute atomic E-state index is 11.0. The summed E-state index contributed by atoms with van der Waals surface area (Å²) >= 11 is 0. The van der Waals surface area contributed by atoms with E-state index in [1.165, 1.54) is 0 Å². The van der Waals surface area contributed by atoms with Crippen LogP contribution in [0.25, 0.3) is 0 Å². The monoisotopic (exact) mass is 199 g/mol. The molecule has 1 aliphatic rings. The van der Waals surface area contributed by atoms with Gasteiger partial charge in [-0.1, -0.05) is 6.92 Å². The molecule has 1 amide bonds. The van der Waals surface area contributed by atoms with Crippen LogP contribution in [0, 0.1) is 0 Å². The van der Waals surface area contributed by atoms with Crippen molar-refractivity contribution in [2.24, 2.45) is 0 Å². The van der Waals surface area contributed by atoms with Crippen molar-refractivity contribution in [3.63, 3.8) is 0 Å². The van der Waals surface area contributed by atoms with Crippen LogP contribution < -0.4 is 5.32 Å². The number of amides is 1. The lowest BCUT2D eigenvalue weighted by atomic mass is 10.3. The minimum atomic E-state index is 0.152. The molecule has 0 aromatic carbocycles. The summed E-state index contributed by atoms with van der Waals surface area (Å²) < 4.78 is 0. The Morgan fingerprint density at radius 3 is 2.50 bits per heavy atom. The quantitative estimate of drug-likeness (QED) is 0.679. The second-order valence-electron chi connectivity index (χ2n) is 3.85. The van der Waals surface area contributed by atoms with Gasteiger partial charge in [-0.3, -0.25) is 9.69 Å². The SMILES string of the molecule is CCC(=O)NCCN1CCN(C)CC1. The van der Waals surface area contributed by atoms with Gasteiger partial charge in [0, 0.05) is 45.7 Å². The van der Waals surface area contributed by atoms with Gasteiger partial charge < -0.3 is 10.2 Å². The summed E-state index contributed by atoms with van der Waals surface area (Å²) in [5.74, 6) is 0.152. The van der Waals surface area contributed by atoms with E-state index in [1.807, 2.05) is 6.92 Å². The number of nitrogens with zero attached hydrogens (tertiary/aromatic N) is 2. The van der Waals surface area contributed by atoms with Gasteiger partial charge in [-0.15, -0.1) is 0 Å². The zero-order chi connectivity index (χ0) is 10.4. The van der Waals surface area contributed by atoms with Crippen molar-refractivity contribution in [1.82, 2.24) is 15.1 Å². The van der Waals surface area contributed by atoms with Gasteiger partial charge >= 0.3 is 0 Å². The zero-order valence-electron chi connectivity index (χ0n) is 9.25. The van der Waals surface area contributed by atoms with Crippen molar-refractivity contribution in [2.45, 2.75) is 13.3 Å². The van der Waals surface area contributed by atoms with Crippen LogP contribution in [0.5, 0.6) is 0 Å². The van der Waals surface area contributed by atoms with Crippen molar-refractivity contribution in [3.05, 3.63) is 0 Å². The van der Waals surface area contributed by atoms with E-state index in [4.69, 9.17) is 0 Å². The van der Waals surface area contributed by atoms with Gasteiger partial charge in [0.25, 0.3) is 0 Å². The van der Waals surface area contributed by atoms with Crippen molar-refractivity contribution >= 4 is 5.91 Å². The molecule has 0 aromatic heterocycles. The van der Waals surface area contributed by atoms with E-state index in [-0.39, 0.29) is 5.91 Å². The fourth-order valence-corrected chi connectivity index (χ4v) is 1.55. The second-order valence-corrected chi connectivity index (χ2v) is 3.85. The Labute approximate surface area is 86.2 Å². The first-order valence-electron chi connectivity index (χ1n) is 5.40. The lowest BCUT2D eigenvalue weighted by Gasteiger charge is -2.32. The van der Waals surface area contributed by atoms with Crippen LogP contribution in [0.4, 0.5) is 0 Å². The fourth-order valence-electron chi connectivity index (χ4n) is 1.55. The molecule has 4 heteroatoms. The van der Waals surface area contributed by atoms with Crippen LogP contribution in [0.2, 0.25) is 0 Å². The number of likely N-dealkylation sites (N-methyl/N-ethyl adjacent to an activating group) is 1. The van der Waals surface area contributed by atoms with E-state index >= 15 is 0 Å². The van der Waals surface area contributed by atoms with E-state index in [0.717, 1.165) is 39.3 Å². The molecule has 0 aliphatic carbocycles. The number of carbonyl (C=O) groups excluding carboxylic acids is 1. The van der Waals surface area contributed by atoms with Crippen molar-refractivity contribution < 1.29 is 4.79 Å². The topological polar surface area (TPSA) is 35.6 Å². The summed E-state index contributed by atoms with van der Waals surface area (Å²) in [6.45, 7) is 8.18. The molecule has 0 radical (unpaired) electrons. The van der Waals surface area contributed by atoms with E-state index < -0.39 is 0 Å². The summed E-state index contributed by atoms with van der Waals surface area (Å²) in [6, 6.07) is 0. The molecule has 1 heterocycles. The molecule has 1 aliphatic heterocycles. The first kappa shape index (κ1) is 11.5. The summed E-state index contributed by atoms with van der Waals surface area (Å²) in [7, 11) is 2.15. The maximum Gasteiger partial charge on any atom is 0.219 e. The van der Waals surface area contributed by atoms with Gasteiger partial charge in [-0.25, -0.2) is 0 Å². The third-order valence-electron chi connectivity index (χ3n) is 2.67. The second kappa shape index (κ2) is 5.98. The molecule has 0 atom stereocenters. The van der Waals surface area contributed by atoms with Crippen molar-refractivity contribution in [2.75, 3.05) is 46.3 Å². The average molecular weight is 199 g/mol. The number of nitrogens with one attached hydrogen (secondary N) is 1. The Morgan fingerprint density at radius 1 is 1.29 bits per heavy atom. The molecule has 0 aromatic rings. The lowest BCUT2D eigenvalue weighted by Crippen LogP contribution is -2.46. The van der Waals surface area contributed by atoms with Gasteiger partial charge in [-0.2, -0.15) is 0 Å². The number of carbonyl (C=O) groups is 1. The molecule has 0 unspecified atom stereocenters. The molecule has 0 saturated carbocycles. The Balaban J connectivity index is 2.04. The van der Waals surface area contributed by atoms with Crippen molar-refractivity contribution in [3.8, 4) is 0 Å². The molecular weight excluding hydrogens is 178 g/mol. The predicted octanol–water partition coefficient (Wildman–Crippen LogP) is -0.240. The minimum absolute atomic E-state index is 0.152. The molecule has 1 saturated heterocycles. The lowest BCUT2D eigenvalue weighted by molar-refractivity contribution is -0.120. The average Bonchev–Trinajstić information content (AvgIpc) is 2.21. The summed E-state index contributed by atoms with van der Waals surface area (Å²) in [6.07, 6.45) is 0.586. The molecule has 1 N–H and O–H groups in total. The predicted molar refractivity (Wildman–Crippen MR) is 57.2 cm³/mol. The Kier molecular flexibility index (Phi) is 4.90. The van der Waals surface area contributed by atoms with E-state index in [2.05, 4.69) is 22.2 Å². The van der Waals surface area contributed by atoms with Crippen LogP contribution in [0.15, 0.2) is 0 Å². The summed E-state index contributed by atoms with van der Waals surface area (Å²) in [5, 5.41) is 2.90. The maximum atomic E-state index is 11.0. The molecule has 14 heavy (non-hydrogen) atoms. The van der Waals surface area contributed by atoms with Crippen LogP contribution in [-0.4, -0.2) is 62.0 Å². The van der Waals surface area contributed by atoms with Gasteiger partial charge in [0.15, 0.2) is 0 Å². The molecule has 4 nitrogen and oxygen atoms in total. The minimum Gasteiger partial charge on any atom is -0.355 e. The first-order chi connectivity index (χ1) is 6.72. The Bertz CT molecular complexity index is 176.